The molecule has 0 saturated carbocycles. The Morgan fingerprint density at radius 2 is 1.97 bits per heavy atom. The van der Waals surface area contributed by atoms with Crippen molar-refractivity contribution in [2.75, 3.05) is 17.7 Å². The summed E-state index contributed by atoms with van der Waals surface area (Å²) in [5.74, 6) is 0.520. The molecule has 7 nitrogen and oxygen atoms in total. The van der Waals surface area contributed by atoms with E-state index in [0.717, 1.165) is 34.4 Å². The smallest absolute Gasteiger partial charge is 0.410 e. The van der Waals surface area contributed by atoms with Crippen LogP contribution in [0.5, 0.6) is 5.75 Å². The van der Waals surface area contributed by atoms with Crippen LogP contribution in [0.2, 0.25) is 0 Å². The molecule has 0 spiro atoms. The maximum Gasteiger partial charge on any atom is 0.410 e. The van der Waals surface area contributed by atoms with Crippen molar-refractivity contribution < 1.29 is 22.7 Å². The number of anilines is 2. The van der Waals surface area contributed by atoms with Gasteiger partial charge in [0.15, 0.2) is 11.7 Å². The number of rotatable bonds is 4. The van der Waals surface area contributed by atoms with Gasteiger partial charge >= 0.3 is 6.18 Å². The Balaban J connectivity index is 1.41. The lowest BCUT2D eigenvalue weighted by atomic mass is 9.72. The molecule has 2 aliphatic rings. The number of benzene rings is 1. The van der Waals surface area contributed by atoms with Gasteiger partial charge in [-0.1, -0.05) is 32.9 Å². The zero-order valence-electron chi connectivity index (χ0n) is 22.1. The fourth-order valence-electron chi connectivity index (χ4n) is 5.44. The number of thiophene rings is 1. The summed E-state index contributed by atoms with van der Waals surface area (Å²) in [6.07, 6.45) is -2.29. The number of hydrogen-bond donors (Lipinski definition) is 2. The van der Waals surface area contributed by atoms with E-state index in [1.54, 1.807) is 24.3 Å². The Morgan fingerprint density at radius 3 is 2.59 bits per heavy atom. The van der Waals surface area contributed by atoms with Crippen LogP contribution in [0.15, 0.2) is 30.3 Å². The molecule has 5 rings (SSSR count). The van der Waals surface area contributed by atoms with Crippen molar-refractivity contribution in [2.45, 2.75) is 64.7 Å². The third-order valence-electron chi connectivity index (χ3n) is 7.77. The minimum Gasteiger partial charge on any atom is -0.497 e. The molecule has 0 bridgehead atoms. The van der Waals surface area contributed by atoms with Gasteiger partial charge in [0.25, 0.3) is 5.91 Å². The van der Waals surface area contributed by atoms with Crippen LogP contribution in [0.4, 0.5) is 24.0 Å². The number of hydrogen-bond acceptors (Lipinski definition) is 6. The average molecular weight is 558 g/mol. The van der Waals surface area contributed by atoms with Crippen LogP contribution in [-0.2, 0) is 12.8 Å². The molecule has 39 heavy (non-hydrogen) atoms. The lowest BCUT2D eigenvalue weighted by Crippen LogP contribution is -2.35. The van der Waals surface area contributed by atoms with E-state index in [4.69, 9.17) is 4.74 Å². The number of nitrogens with one attached hydrogen (secondary N) is 2. The lowest BCUT2D eigenvalue weighted by molar-refractivity contribution is -0.173. The normalized spacial score (nSPS) is 20.8. The minimum atomic E-state index is -4.56. The van der Waals surface area contributed by atoms with Gasteiger partial charge in [-0.2, -0.15) is 23.5 Å². The van der Waals surface area contributed by atoms with Gasteiger partial charge in [0.2, 0.25) is 0 Å². The number of alkyl halides is 3. The van der Waals surface area contributed by atoms with Crippen molar-refractivity contribution in [2.24, 2.45) is 11.3 Å². The SMILES string of the molecule is COc1ccc([C@@H]2C[C@H](C(F)(F)F)n3nc(C(=O)Nc4sc5c(c4C#N)CC[C@@H](C(C)(C)C)C5)cc3N2)cc1. The molecule has 2 aromatic heterocycles. The molecule has 11 heteroatoms. The number of fused-ring (bicyclic) bond motifs is 2. The molecule has 206 valence electrons. The van der Waals surface area contributed by atoms with E-state index in [2.05, 4.69) is 42.6 Å². The van der Waals surface area contributed by atoms with E-state index in [9.17, 15) is 23.2 Å². The van der Waals surface area contributed by atoms with Crippen molar-refractivity contribution in [1.82, 2.24) is 9.78 Å². The van der Waals surface area contributed by atoms with E-state index in [1.807, 2.05) is 0 Å². The molecule has 3 atom stereocenters. The molecule has 0 saturated heterocycles. The molecule has 2 N–H and O–H groups in total. The minimum absolute atomic E-state index is 0.105. The molecule has 1 aliphatic carbocycles. The Bertz CT molecular complexity index is 1430. The number of halogens is 3. The molecule has 1 aliphatic heterocycles. The Hall–Kier alpha value is -3.52. The topological polar surface area (TPSA) is 92.0 Å². The quantitative estimate of drug-likeness (QED) is 0.365. The van der Waals surface area contributed by atoms with Gasteiger partial charge in [0.05, 0.1) is 18.7 Å². The molecule has 0 unspecified atom stereocenters. The van der Waals surface area contributed by atoms with Crippen LogP contribution in [0.1, 0.15) is 77.8 Å². The van der Waals surface area contributed by atoms with Gasteiger partial charge in [-0.05, 0) is 53.9 Å². The summed E-state index contributed by atoms with van der Waals surface area (Å²) in [4.78, 5) is 14.3. The first kappa shape index (κ1) is 27.1. The number of nitriles is 1. The molecule has 1 amide bonds. The lowest BCUT2D eigenvalue weighted by Gasteiger charge is -2.33. The summed E-state index contributed by atoms with van der Waals surface area (Å²) in [5.41, 5.74) is 2.04. The number of carbonyl (C=O) groups is 1. The highest BCUT2D eigenvalue weighted by atomic mass is 32.1. The first-order valence-electron chi connectivity index (χ1n) is 12.8. The van der Waals surface area contributed by atoms with Crippen LogP contribution in [0.3, 0.4) is 0 Å². The van der Waals surface area contributed by atoms with Crippen molar-refractivity contribution in [3.8, 4) is 11.8 Å². The maximum atomic E-state index is 14.1. The summed E-state index contributed by atoms with van der Waals surface area (Å²) in [6, 6.07) is 7.85. The van der Waals surface area contributed by atoms with Gasteiger partial charge in [-0.3, -0.25) is 4.79 Å². The highest BCUT2D eigenvalue weighted by Gasteiger charge is 2.47. The van der Waals surface area contributed by atoms with Crippen molar-refractivity contribution in [3.05, 3.63) is 57.6 Å². The van der Waals surface area contributed by atoms with Crippen LogP contribution >= 0.6 is 11.3 Å². The first-order chi connectivity index (χ1) is 18.4. The standard InChI is InChI=1S/C28H30F3N5O2S/c1-27(2,3)16-7-10-18-19(14-32)26(39-22(18)11-16)34-25(37)21-13-24-33-20(15-5-8-17(38-4)9-6-15)12-23(28(29,30)31)36(24)35-21/h5-6,8-9,13,16,20,23,33H,7,10-12H2,1-4H3,(H,34,37)/t16-,20+,23-/m1/s1. The second-order valence-electron chi connectivity index (χ2n) is 11.2. The predicted molar refractivity (Wildman–Crippen MR) is 143 cm³/mol. The summed E-state index contributed by atoms with van der Waals surface area (Å²) in [7, 11) is 1.52. The number of ether oxygens (including phenoxy) is 1. The molecule has 3 heterocycles. The third-order valence-corrected chi connectivity index (χ3v) is 8.94. The first-order valence-corrected chi connectivity index (χ1v) is 13.6. The highest BCUT2D eigenvalue weighted by Crippen LogP contribution is 2.45. The molecule has 0 fully saturated rings. The van der Waals surface area contributed by atoms with Gasteiger partial charge in [0, 0.05) is 17.4 Å². The van der Waals surface area contributed by atoms with Crippen molar-refractivity contribution in [1.29, 1.82) is 5.26 Å². The zero-order valence-corrected chi connectivity index (χ0v) is 23.0. The van der Waals surface area contributed by atoms with Gasteiger partial charge in [0.1, 0.15) is 22.6 Å². The molecular formula is C28H30F3N5O2S. The Kier molecular flexibility index (Phi) is 6.87. The van der Waals surface area contributed by atoms with E-state index in [0.29, 0.717) is 27.8 Å². The van der Waals surface area contributed by atoms with Gasteiger partial charge in [-0.15, -0.1) is 11.3 Å². The van der Waals surface area contributed by atoms with Gasteiger partial charge in [-0.25, -0.2) is 4.68 Å². The summed E-state index contributed by atoms with van der Waals surface area (Å²) in [6.45, 7) is 6.60. The van der Waals surface area contributed by atoms with Crippen LogP contribution in [0, 0.1) is 22.7 Å². The Labute approximate surface area is 229 Å². The zero-order chi connectivity index (χ0) is 28.1. The number of nitrogens with zero attached hydrogens (tertiary/aromatic N) is 3. The second kappa shape index (κ2) is 9.90. The average Bonchev–Trinajstić information content (AvgIpc) is 3.47. The van der Waals surface area contributed by atoms with Crippen LogP contribution < -0.4 is 15.4 Å². The molecule has 3 aromatic rings. The van der Waals surface area contributed by atoms with Gasteiger partial charge < -0.3 is 15.4 Å². The van der Waals surface area contributed by atoms with Crippen LogP contribution in [0.25, 0.3) is 0 Å². The Morgan fingerprint density at radius 1 is 1.26 bits per heavy atom. The summed E-state index contributed by atoms with van der Waals surface area (Å²) < 4.78 is 48.3. The number of amides is 1. The number of aromatic nitrogens is 2. The predicted octanol–water partition coefficient (Wildman–Crippen LogP) is 6.89. The maximum absolute atomic E-state index is 14.1. The summed E-state index contributed by atoms with van der Waals surface area (Å²) in [5, 5.41) is 20.2. The fraction of sp³-hybridized carbons (Fsp3) is 0.464. The highest BCUT2D eigenvalue weighted by molar-refractivity contribution is 7.16. The summed E-state index contributed by atoms with van der Waals surface area (Å²) >= 11 is 1.37. The monoisotopic (exact) mass is 557 g/mol. The molecule has 0 radical (unpaired) electrons. The fourth-order valence-corrected chi connectivity index (χ4v) is 6.71. The van der Waals surface area contributed by atoms with E-state index in [-0.39, 0.29) is 23.3 Å². The second-order valence-corrected chi connectivity index (χ2v) is 12.3. The van der Waals surface area contributed by atoms with Crippen molar-refractivity contribution >= 4 is 28.1 Å². The largest absolute Gasteiger partial charge is 0.497 e. The van der Waals surface area contributed by atoms with Crippen LogP contribution in [-0.4, -0.2) is 29.0 Å². The third kappa shape index (κ3) is 5.22. The molecule has 1 aromatic carbocycles. The van der Waals surface area contributed by atoms with E-state index < -0.39 is 24.2 Å². The number of carbonyl (C=O) groups excluding carboxylic acids is 1. The number of methoxy groups -OCH3 is 1. The van der Waals surface area contributed by atoms with E-state index in [1.165, 1.54) is 24.5 Å². The molecular weight excluding hydrogens is 527 g/mol. The van der Waals surface area contributed by atoms with E-state index >= 15 is 0 Å². The van der Waals surface area contributed by atoms with Crippen molar-refractivity contribution in [3.63, 3.8) is 0 Å².